The largest absolute Gasteiger partial charge is 0.455 e. The second-order valence-electron chi connectivity index (χ2n) is 12.5. The van der Waals surface area contributed by atoms with Crippen molar-refractivity contribution in [3.63, 3.8) is 0 Å². The van der Waals surface area contributed by atoms with Crippen molar-refractivity contribution in [1.29, 1.82) is 0 Å². The summed E-state index contributed by atoms with van der Waals surface area (Å²) < 4.78 is 6.35. The Morgan fingerprint density at radius 3 is 2.02 bits per heavy atom. The third-order valence-electron chi connectivity index (χ3n) is 9.40. The molecule has 3 aromatic heterocycles. The van der Waals surface area contributed by atoms with Crippen molar-refractivity contribution in [3.8, 4) is 56.2 Å². The molecule has 0 N–H and O–H groups in total. The molecule has 0 fully saturated rings. The first-order valence-corrected chi connectivity index (χ1v) is 15.6. The van der Waals surface area contributed by atoms with Gasteiger partial charge in [-0.15, -0.1) is 0 Å². The summed E-state index contributed by atoms with van der Waals surface area (Å²) in [6.45, 7) is 4.56. The van der Waals surface area contributed by atoms with Crippen LogP contribution in [0.15, 0.2) is 144 Å². The molecule has 0 unspecified atom stereocenters. The van der Waals surface area contributed by atoms with Crippen molar-refractivity contribution in [2.75, 3.05) is 0 Å². The second-order valence-corrected chi connectivity index (χ2v) is 12.5. The molecular formula is C42H29N3O. The third kappa shape index (κ3) is 4.04. The molecule has 1 aliphatic rings. The SMILES string of the molecule is CC1(C)c2ccccc2-c2nc(-c3ccc(-c4cccnc4)cc3)nc(-c3ccc(-c4cccc5c4oc4ccccc45)cc3)c21. The summed E-state index contributed by atoms with van der Waals surface area (Å²) in [5.74, 6) is 0.718. The van der Waals surface area contributed by atoms with Gasteiger partial charge in [-0.1, -0.05) is 129 Å². The van der Waals surface area contributed by atoms with Crippen molar-refractivity contribution in [2.45, 2.75) is 19.3 Å². The zero-order chi connectivity index (χ0) is 30.8. The van der Waals surface area contributed by atoms with Crippen molar-refractivity contribution in [2.24, 2.45) is 0 Å². The van der Waals surface area contributed by atoms with E-state index in [-0.39, 0.29) is 5.41 Å². The molecular weight excluding hydrogens is 562 g/mol. The number of fused-ring (bicyclic) bond motifs is 6. The summed E-state index contributed by atoms with van der Waals surface area (Å²) in [4.78, 5) is 14.8. The second kappa shape index (κ2) is 10.1. The quantitative estimate of drug-likeness (QED) is 0.204. The number of benzene rings is 5. The number of nitrogens with zero attached hydrogens (tertiary/aromatic N) is 3. The first-order chi connectivity index (χ1) is 22.6. The first-order valence-electron chi connectivity index (χ1n) is 15.6. The highest BCUT2D eigenvalue weighted by molar-refractivity contribution is 6.09. The predicted molar refractivity (Wildman–Crippen MR) is 186 cm³/mol. The van der Waals surface area contributed by atoms with Crippen molar-refractivity contribution >= 4 is 21.9 Å². The lowest BCUT2D eigenvalue weighted by Crippen LogP contribution is -2.17. The molecule has 1 aliphatic carbocycles. The minimum atomic E-state index is -0.248. The Hall–Kier alpha value is -5.87. The van der Waals surface area contributed by atoms with E-state index in [0.717, 1.165) is 78.1 Å². The molecule has 9 rings (SSSR count). The van der Waals surface area contributed by atoms with Crippen molar-refractivity contribution < 1.29 is 4.42 Å². The number of furan rings is 1. The lowest BCUT2D eigenvalue weighted by atomic mass is 9.80. The van der Waals surface area contributed by atoms with Crippen LogP contribution in [-0.2, 0) is 5.41 Å². The molecule has 3 heterocycles. The molecule has 4 nitrogen and oxygen atoms in total. The van der Waals surface area contributed by atoms with E-state index in [9.17, 15) is 0 Å². The van der Waals surface area contributed by atoms with Gasteiger partial charge in [-0.05, 0) is 34.4 Å². The topological polar surface area (TPSA) is 51.8 Å². The molecule has 4 heteroatoms. The van der Waals surface area contributed by atoms with E-state index in [1.54, 1.807) is 6.20 Å². The maximum Gasteiger partial charge on any atom is 0.160 e. The summed E-state index contributed by atoms with van der Waals surface area (Å²) in [5, 5.41) is 2.26. The van der Waals surface area contributed by atoms with E-state index >= 15 is 0 Å². The highest BCUT2D eigenvalue weighted by Gasteiger charge is 2.40. The molecule has 0 radical (unpaired) electrons. The van der Waals surface area contributed by atoms with Crippen LogP contribution in [0.3, 0.4) is 0 Å². The standard InChI is InChI=1S/C42H29N3O/c1-42(2)35-14-5-3-11-34(35)39-37(42)38(44-41(45-39)29-22-16-26(17-23-29)30-9-8-24-43-25-30)28-20-18-27(19-21-28)31-12-7-13-33-32-10-4-6-15-36(32)46-40(31)33/h3-25H,1-2H3. The predicted octanol–water partition coefficient (Wildman–Crippen LogP) is 10.7. The average molecular weight is 592 g/mol. The normalized spacial score (nSPS) is 13.2. The fourth-order valence-corrected chi connectivity index (χ4v) is 7.08. The Morgan fingerprint density at radius 2 is 1.20 bits per heavy atom. The highest BCUT2D eigenvalue weighted by atomic mass is 16.3. The van der Waals surface area contributed by atoms with Gasteiger partial charge in [0.2, 0.25) is 0 Å². The summed E-state index contributed by atoms with van der Waals surface area (Å²) in [7, 11) is 0. The van der Waals surface area contributed by atoms with E-state index < -0.39 is 0 Å². The van der Waals surface area contributed by atoms with Gasteiger partial charge < -0.3 is 4.42 Å². The number of para-hydroxylation sites is 2. The van der Waals surface area contributed by atoms with Crippen molar-refractivity contribution in [1.82, 2.24) is 15.0 Å². The van der Waals surface area contributed by atoms with Gasteiger partial charge in [-0.25, -0.2) is 9.97 Å². The van der Waals surface area contributed by atoms with E-state index in [2.05, 4.69) is 128 Å². The van der Waals surface area contributed by atoms with Gasteiger partial charge in [0, 0.05) is 56.4 Å². The van der Waals surface area contributed by atoms with Crippen LogP contribution in [0.25, 0.3) is 78.1 Å². The van der Waals surface area contributed by atoms with E-state index in [1.165, 1.54) is 11.1 Å². The average Bonchev–Trinajstić information content (AvgIpc) is 3.61. The zero-order valence-corrected chi connectivity index (χ0v) is 25.5. The number of aromatic nitrogens is 3. The van der Waals surface area contributed by atoms with E-state index in [4.69, 9.17) is 14.4 Å². The van der Waals surface area contributed by atoms with Crippen LogP contribution in [0.2, 0.25) is 0 Å². The molecule has 0 aliphatic heterocycles. The number of hydrogen-bond donors (Lipinski definition) is 0. The van der Waals surface area contributed by atoms with Gasteiger partial charge in [0.05, 0.1) is 11.4 Å². The molecule has 46 heavy (non-hydrogen) atoms. The Balaban J connectivity index is 1.19. The van der Waals surface area contributed by atoms with Crippen LogP contribution < -0.4 is 0 Å². The monoisotopic (exact) mass is 591 g/mol. The van der Waals surface area contributed by atoms with Crippen LogP contribution in [-0.4, -0.2) is 15.0 Å². The molecule has 8 aromatic rings. The van der Waals surface area contributed by atoms with Crippen LogP contribution in [0.4, 0.5) is 0 Å². The van der Waals surface area contributed by atoms with Crippen molar-refractivity contribution in [3.05, 3.63) is 151 Å². The fourth-order valence-electron chi connectivity index (χ4n) is 7.08. The Morgan fingerprint density at radius 1 is 0.522 bits per heavy atom. The molecule has 0 spiro atoms. The first kappa shape index (κ1) is 26.5. The summed E-state index contributed by atoms with van der Waals surface area (Å²) in [5.41, 5.74) is 13.6. The van der Waals surface area contributed by atoms with E-state index in [0.29, 0.717) is 0 Å². The number of hydrogen-bond acceptors (Lipinski definition) is 4. The van der Waals surface area contributed by atoms with Crippen LogP contribution in [0, 0.1) is 0 Å². The highest BCUT2D eigenvalue weighted by Crippen LogP contribution is 2.51. The van der Waals surface area contributed by atoms with Gasteiger partial charge >= 0.3 is 0 Å². The molecule has 0 saturated carbocycles. The van der Waals surface area contributed by atoms with Crippen LogP contribution >= 0.6 is 0 Å². The maximum absolute atomic E-state index is 6.35. The Bertz CT molecular complexity index is 2420. The van der Waals surface area contributed by atoms with Gasteiger partial charge in [0.15, 0.2) is 5.82 Å². The molecule has 218 valence electrons. The molecule has 5 aromatic carbocycles. The van der Waals surface area contributed by atoms with Crippen LogP contribution in [0.1, 0.15) is 25.0 Å². The Labute approximate surface area is 267 Å². The summed E-state index contributed by atoms with van der Waals surface area (Å²) >= 11 is 0. The fraction of sp³-hybridized carbons (Fsp3) is 0.0714. The van der Waals surface area contributed by atoms with Gasteiger partial charge in [0.1, 0.15) is 11.2 Å². The lowest BCUT2D eigenvalue weighted by molar-refractivity contribution is 0.658. The zero-order valence-electron chi connectivity index (χ0n) is 25.5. The van der Waals surface area contributed by atoms with Crippen LogP contribution in [0.5, 0.6) is 0 Å². The molecule has 0 bridgehead atoms. The third-order valence-corrected chi connectivity index (χ3v) is 9.40. The van der Waals surface area contributed by atoms with Gasteiger partial charge in [-0.2, -0.15) is 0 Å². The van der Waals surface area contributed by atoms with Gasteiger partial charge in [-0.3, -0.25) is 4.98 Å². The van der Waals surface area contributed by atoms with Gasteiger partial charge in [0.25, 0.3) is 0 Å². The minimum absolute atomic E-state index is 0.248. The number of pyridine rings is 1. The Kier molecular flexibility index (Phi) is 5.81. The minimum Gasteiger partial charge on any atom is -0.455 e. The number of rotatable bonds is 4. The summed E-state index contributed by atoms with van der Waals surface area (Å²) in [6, 6.07) is 44.5. The van der Waals surface area contributed by atoms with E-state index in [1.807, 2.05) is 24.4 Å². The molecule has 0 atom stereocenters. The molecule has 0 saturated heterocycles. The lowest BCUT2D eigenvalue weighted by Gasteiger charge is -2.24. The smallest absolute Gasteiger partial charge is 0.160 e. The molecule has 0 amide bonds. The summed E-state index contributed by atoms with van der Waals surface area (Å²) in [6.07, 6.45) is 3.68. The maximum atomic E-state index is 6.35.